The van der Waals surface area contributed by atoms with Gasteiger partial charge in [0, 0.05) is 25.2 Å². The van der Waals surface area contributed by atoms with E-state index in [0.717, 1.165) is 43.4 Å². The molecule has 2 fully saturated rings. The van der Waals surface area contributed by atoms with Crippen molar-refractivity contribution in [3.05, 3.63) is 47.8 Å². The van der Waals surface area contributed by atoms with Gasteiger partial charge in [-0.15, -0.1) is 0 Å². The van der Waals surface area contributed by atoms with Crippen LogP contribution in [0.25, 0.3) is 5.57 Å². The van der Waals surface area contributed by atoms with Gasteiger partial charge in [0.25, 0.3) is 0 Å². The van der Waals surface area contributed by atoms with Crippen molar-refractivity contribution in [2.24, 2.45) is 29.1 Å². The van der Waals surface area contributed by atoms with Gasteiger partial charge in [0.15, 0.2) is 0 Å². The molecule has 4 aliphatic rings. The summed E-state index contributed by atoms with van der Waals surface area (Å²) < 4.78 is 5.98. The van der Waals surface area contributed by atoms with Crippen LogP contribution < -0.4 is 0 Å². The second-order valence-electron chi connectivity index (χ2n) is 12.4. The Labute approximate surface area is 219 Å². The van der Waals surface area contributed by atoms with Crippen LogP contribution in [0.5, 0.6) is 0 Å². The highest BCUT2D eigenvalue weighted by molar-refractivity contribution is 5.72. The van der Waals surface area contributed by atoms with Crippen LogP contribution in [0.1, 0.15) is 116 Å². The molecule has 1 aromatic heterocycles. The van der Waals surface area contributed by atoms with Gasteiger partial charge >= 0.3 is 5.97 Å². The number of aromatic nitrogens is 1. The van der Waals surface area contributed by atoms with Gasteiger partial charge in [-0.2, -0.15) is 0 Å². The first kappa shape index (κ1) is 25.7. The second-order valence-corrected chi connectivity index (χ2v) is 12.4. The third-order valence-corrected chi connectivity index (χ3v) is 10.2. The van der Waals surface area contributed by atoms with E-state index in [4.69, 9.17) is 4.74 Å². The number of carbonyl (C=O) groups excluding carboxylic acids is 1. The molecule has 36 heavy (non-hydrogen) atoms. The van der Waals surface area contributed by atoms with Crippen LogP contribution in [0.3, 0.4) is 0 Å². The van der Waals surface area contributed by atoms with Gasteiger partial charge in [0.2, 0.25) is 0 Å². The smallest absolute Gasteiger partial charge is 0.306 e. The Morgan fingerprint density at radius 2 is 1.86 bits per heavy atom. The topological polar surface area (TPSA) is 39.2 Å². The summed E-state index contributed by atoms with van der Waals surface area (Å²) >= 11 is 0. The molecule has 5 rings (SSSR count). The summed E-state index contributed by atoms with van der Waals surface area (Å²) in [6.45, 7) is 4.78. The van der Waals surface area contributed by atoms with Gasteiger partial charge in [-0.3, -0.25) is 9.78 Å². The number of rotatable bonds is 10. The summed E-state index contributed by atoms with van der Waals surface area (Å²) in [5.74, 6) is 3.11. The van der Waals surface area contributed by atoms with Gasteiger partial charge < -0.3 is 4.74 Å². The third kappa shape index (κ3) is 5.36. The molecule has 3 nitrogen and oxygen atoms in total. The van der Waals surface area contributed by atoms with E-state index in [0.29, 0.717) is 12.3 Å². The maximum absolute atomic E-state index is 12.5. The molecule has 0 saturated heterocycles. The Balaban J connectivity index is 1.13. The number of carbonyl (C=O) groups is 1. The highest BCUT2D eigenvalue weighted by atomic mass is 16.5. The van der Waals surface area contributed by atoms with E-state index in [-0.39, 0.29) is 17.5 Å². The Bertz CT molecular complexity index is 950. The lowest BCUT2D eigenvalue weighted by molar-refractivity contribution is -0.150. The normalized spacial score (nSPS) is 33.1. The lowest BCUT2D eigenvalue weighted by Crippen LogP contribution is -2.45. The molecule has 4 aliphatic carbocycles. The van der Waals surface area contributed by atoms with Gasteiger partial charge in [0.1, 0.15) is 6.10 Å². The zero-order valence-electron chi connectivity index (χ0n) is 22.7. The van der Waals surface area contributed by atoms with Crippen molar-refractivity contribution in [1.29, 1.82) is 0 Å². The largest absolute Gasteiger partial charge is 0.462 e. The Hall–Kier alpha value is -1.90. The van der Waals surface area contributed by atoms with E-state index in [1.54, 1.807) is 11.1 Å². The maximum Gasteiger partial charge on any atom is 0.306 e. The summed E-state index contributed by atoms with van der Waals surface area (Å²) in [4.78, 5) is 16.9. The van der Waals surface area contributed by atoms with E-state index in [1.807, 2.05) is 6.20 Å². The van der Waals surface area contributed by atoms with Crippen molar-refractivity contribution >= 4 is 11.5 Å². The number of nitrogens with zero attached hydrogens (tertiary/aromatic N) is 1. The molecule has 1 heterocycles. The lowest BCUT2D eigenvalue weighted by atomic mass is 9.51. The molecule has 1 aromatic rings. The van der Waals surface area contributed by atoms with Crippen LogP contribution in [0.2, 0.25) is 0 Å². The molecule has 0 aromatic carbocycles. The molecular formula is C33H47NO2. The molecule has 0 bridgehead atoms. The maximum atomic E-state index is 12.5. The minimum atomic E-state index is 0.0367. The van der Waals surface area contributed by atoms with E-state index >= 15 is 0 Å². The lowest BCUT2D eigenvalue weighted by Gasteiger charge is -2.53. The average Bonchev–Trinajstić information content (AvgIpc) is 3.25. The number of hydrogen-bond acceptors (Lipinski definition) is 3. The summed E-state index contributed by atoms with van der Waals surface area (Å²) in [7, 11) is 0. The fourth-order valence-electron chi connectivity index (χ4n) is 8.34. The zero-order valence-corrected chi connectivity index (χ0v) is 22.7. The van der Waals surface area contributed by atoms with E-state index in [2.05, 4.69) is 49.3 Å². The predicted octanol–water partition coefficient (Wildman–Crippen LogP) is 8.70. The highest BCUT2D eigenvalue weighted by Crippen LogP contribution is 2.63. The second kappa shape index (κ2) is 11.7. The number of allylic oxidation sites excluding steroid dienone is 3. The summed E-state index contributed by atoms with van der Waals surface area (Å²) in [5, 5.41) is 0. The van der Waals surface area contributed by atoms with Crippen molar-refractivity contribution in [3.63, 3.8) is 0 Å². The first-order chi connectivity index (χ1) is 17.6. The summed E-state index contributed by atoms with van der Waals surface area (Å²) in [5.41, 5.74) is 4.77. The van der Waals surface area contributed by atoms with Crippen LogP contribution in [0, 0.1) is 29.1 Å². The molecule has 2 saturated carbocycles. The van der Waals surface area contributed by atoms with Crippen molar-refractivity contribution < 1.29 is 9.53 Å². The number of unbranched alkanes of at least 4 members (excludes halogenated alkanes) is 6. The predicted molar refractivity (Wildman–Crippen MR) is 147 cm³/mol. The van der Waals surface area contributed by atoms with Crippen molar-refractivity contribution in [3.8, 4) is 0 Å². The van der Waals surface area contributed by atoms with E-state index in [1.165, 1.54) is 69.8 Å². The molecule has 0 radical (unpaired) electrons. The zero-order chi connectivity index (χ0) is 25.0. The van der Waals surface area contributed by atoms with Crippen LogP contribution >= 0.6 is 0 Å². The Morgan fingerprint density at radius 1 is 1.03 bits per heavy atom. The first-order valence-corrected chi connectivity index (χ1v) is 15.1. The van der Waals surface area contributed by atoms with Crippen LogP contribution in [-0.2, 0) is 9.53 Å². The third-order valence-electron chi connectivity index (χ3n) is 10.2. The number of esters is 1. The van der Waals surface area contributed by atoms with Crippen molar-refractivity contribution in [2.45, 2.75) is 116 Å². The monoisotopic (exact) mass is 489 g/mol. The minimum absolute atomic E-state index is 0.0367. The van der Waals surface area contributed by atoms with Crippen LogP contribution in [0.15, 0.2) is 42.3 Å². The quantitative estimate of drug-likeness (QED) is 0.187. The van der Waals surface area contributed by atoms with Crippen LogP contribution in [-0.4, -0.2) is 17.1 Å². The Morgan fingerprint density at radius 3 is 2.67 bits per heavy atom. The van der Waals surface area contributed by atoms with Gasteiger partial charge in [-0.25, -0.2) is 0 Å². The molecule has 0 N–H and O–H groups in total. The molecule has 0 spiro atoms. The molecule has 6 atom stereocenters. The fraction of sp³-hybridized carbons (Fsp3) is 0.697. The molecule has 0 unspecified atom stereocenters. The van der Waals surface area contributed by atoms with Crippen LogP contribution in [0.4, 0.5) is 0 Å². The molecule has 3 heteroatoms. The number of hydrogen-bond donors (Lipinski definition) is 0. The summed E-state index contributed by atoms with van der Waals surface area (Å²) in [6, 6.07) is 4.32. The number of ether oxygens (including phenoxy) is 1. The highest BCUT2D eigenvalue weighted by Gasteiger charge is 2.53. The molecule has 196 valence electrons. The minimum Gasteiger partial charge on any atom is -0.462 e. The fourth-order valence-corrected chi connectivity index (χ4v) is 8.34. The van der Waals surface area contributed by atoms with Gasteiger partial charge in [-0.05, 0) is 91.2 Å². The van der Waals surface area contributed by atoms with Crippen molar-refractivity contribution in [2.75, 3.05) is 0 Å². The van der Waals surface area contributed by atoms with Gasteiger partial charge in [-0.1, -0.05) is 76.2 Å². The Kier molecular flexibility index (Phi) is 8.33. The summed E-state index contributed by atoms with van der Waals surface area (Å²) in [6.07, 6.45) is 26.7. The standard InChI is InChI=1S/C33H47NO2/c1-3-4-5-6-7-8-9-12-32(35)36-26-14-16-27-24(22-26)13-15-29-28(27)19-20-33(2)30(17-18-31(29)33)25-11-10-21-34-23-25/h10-11,13,17,21,23,26-29,31H,3-9,12,14-16,18-20,22H2,1-2H3/t26-,27-,28+,29+,31-,33+/m0/s1. The average molecular weight is 490 g/mol. The molecule has 0 aliphatic heterocycles. The van der Waals surface area contributed by atoms with E-state index < -0.39 is 0 Å². The SMILES string of the molecule is CCCCCCCCCC(=O)O[C@H]1CC[C@H]2C(=CC[C@@H]3[C@@H]2CC[C@]2(C)C(c4cccnc4)=CC[C@@H]32)C1. The van der Waals surface area contributed by atoms with Gasteiger partial charge in [0.05, 0.1) is 0 Å². The number of fused-ring (bicyclic) bond motifs is 5. The number of pyridine rings is 1. The first-order valence-electron chi connectivity index (χ1n) is 15.1. The molecule has 0 amide bonds. The van der Waals surface area contributed by atoms with Crippen molar-refractivity contribution in [1.82, 2.24) is 4.98 Å². The van der Waals surface area contributed by atoms with E-state index in [9.17, 15) is 4.79 Å². The molecular weight excluding hydrogens is 442 g/mol.